The summed E-state index contributed by atoms with van der Waals surface area (Å²) in [4.78, 5) is 22.0. The Bertz CT molecular complexity index is 518. The van der Waals surface area contributed by atoms with Crippen molar-refractivity contribution in [2.45, 2.75) is 20.4 Å². The highest BCUT2D eigenvalue weighted by atomic mass is 79.9. The van der Waals surface area contributed by atoms with E-state index in [0.717, 1.165) is 5.56 Å². The molecule has 0 aromatic heterocycles. The number of carbonyl (C=O) groups excluding carboxylic acids is 1. The van der Waals surface area contributed by atoms with E-state index in [2.05, 4.69) is 26.6 Å². The third kappa shape index (κ3) is 4.57. The van der Waals surface area contributed by atoms with Gasteiger partial charge in [0, 0.05) is 36.7 Å². The number of nitro benzene ring substituents is 1. The number of amides is 1. The summed E-state index contributed by atoms with van der Waals surface area (Å²) in [5, 5.41) is 16.5. The molecule has 0 saturated heterocycles. The zero-order chi connectivity index (χ0) is 15.3. The van der Waals surface area contributed by atoms with Crippen molar-refractivity contribution in [1.82, 2.24) is 10.6 Å². The van der Waals surface area contributed by atoms with E-state index in [9.17, 15) is 14.9 Å². The van der Waals surface area contributed by atoms with Gasteiger partial charge in [-0.1, -0.05) is 15.9 Å². The molecule has 7 heteroatoms. The molecule has 0 unspecified atom stereocenters. The van der Waals surface area contributed by atoms with Crippen molar-refractivity contribution < 1.29 is 9.72 Å². The highest BCUT2D eigenvalue weighted by molar-refractivity contribution is 9.10. The van der Waals surface area contributed by atoms with Crippen LogP contribution in [0.5, 0.6) is 0 Å². The molecule has 1 aromatic carbocycles. The van der Waals surface area contributed by atoms with Crippen LogP contribution in [0.2, 0.25) is 0 Å². The monoisotopic (exact) mass is 343 g/mol. The van der Waals surface area contributed by atoms with E-state index >= 15 is 0 Å². The third-order valence-electron chi connectivity index (χ3n) is 2.89. The Morgan fingerprint density at radius 1 is 1.40 bits per heavy atom. The second-order valence-corrected chi connectivity index (χ2v) is 6.06. The number of non-ortho nitro benzene ring substituents is 1. The van der Waals surface area contributed by atoms with Crippen molar-refractivity contribution in [1.29, 1.82) is 0 Å². The topological polar surface area (TPSA) is 84.3 Å². The SMILES string of the molecule is CNC(=O)C(C)(C)CNCc1cc(Br)cc([N+](=O)[O-])c1. The zero-order valence-electron chi connectivity index (χ0n) is 11.7. The normalized spacial score (nSPS) is 11.2. The van der Waals surface area contributed by atoms with Gasteiger partial charge < -0.3 is 10.6 Å². The fourth-order valence-corrected chi connectivity index (χ4v) is 2.31. The number of nitrogens with zero attached hydrogens (tertiary/aromatic N) is 1. The highest BCUT2D eigenvalue weighted by Gasteiger charge is 2.25. The Hall–Kier alpha value is -1.47. The van der Waals surface area contributed by atoms with Crippen LogP contribution in [-0.4, -0.2) is 24.4 Å². The van der Waals surface area contributed by atoms with Crippen LogP contribution in [0.15, 0.2) is 22.7 Å². The Morgan fingerprint density at radius 2 is 2.05 bits per heavy atom. The van der Waals surface area contributed by atoms with Crippen molar-refractivity contribution in [3.8, 4) is 0 Å². The summed E-state index contributed by atoms with van der Waals surface area (Å²) < 4.78 is 0.661. The van der Waals surface area contributed by atoms with E-state index in [0.29, 0.717) is 17.6 Å². The average molecular weight is 344 g/mol. The Kier molecular flexibility index (Phi) is 5.64. The Balaban J connectivity index is 2.67. The fourth-order valence-electron chi connectivity index (χ4n) is 1.78. The number of benzene rings is 1. The molecule has 0 aliphatic heterocycles. The molecule has 1 rings (SSSR count). The van der Waals surface area contributed by atoms with Crippen molar-refractivity contribution in [3.63, 3.8) is 0 Å². The van der Waals surface area contributed by atoms with Gasteiger partial charge in [0.05, 0.1) is 10.3 Å². The van der Waals surface area contributed by atoms with Gasteiger partial charge in [0.25, 0.3) is 5.69 Å². The first kappa shape index (κ1) is 16.6. The minimum atomic E-state index is -0.535. The van der Waals surface area contributed by atoms with E-state index in [-0.39, 0.29) is 11.6 Å². The van der Waals surface area contributed by atoms with E-state index in [1.165, 1.54) is 12.1 Å². The lowest BCUT2D eigenvalue weighted by molar-refractivity contribution is -0.385. The number of rotatable bonds is 6. The molecule has 0 radical (unpaired) electrons. The van der Waals surface area contributed by atoms with Gasteiger partial charge in [-0.25, -0.2) is 0 Å². The molecule has 110 valence electrons. The summed E-state index contributed by atoms with van der Waals surface area (Å²) in [6.45, 7) is 4.61. The first-order valence-corrected chi connectivity index (χ1v) is 6.92. The molecule has 0 bridgehead atoms. The molecule has 0 saturated carbocycles. The van der Waals surface area contributed by atoms with Crippen molar-refractivity contribution in [3.05, 3.63) is 38.3 Å². The van der Waals surface area contributed by atoms with Crippen molar-refractivity contribution in [2.75, 3.05) is 13.6 Å². The van der Waals surface area contributed by atoms with E-state index in [1.54, 1.807) is 7.05 Å². The van der Waals surface area contributed by atoms with E-state index in [4.69, 9.17) is 0 Å². The minimum Gasteiger partial charge on any atom is -0.359 e. The first-order chi connectivity index (χ1) is 9.26. The average Bonchev–Trinajstić information content (AvgIpc) is 2.36. The van der Waals surface area contributed by atoms with Gasteiger partial charge in [-0.2, -0.15) is 0 Å². The van der Waals surface area contributed by atoms with E-state index < -0.39 is 10.3 Å². The maximum Gasteiger partial charge on any atom is 0.270 e. The number of nitrogens with one attached hydrogen (secondary N) is 2. The van der Waals surface area contributed by atoms with Crippen molar-refractivity contribution >= 4 is 27.5 Å². The molecule has 0 atom stereocenters. The molecule has 0 spiro atoms. The van der Waals surface area contributed by atoms with Gasteiger partial charge in [-0.05, 0) is 25.5 Å². The number of carbonyl (C=O) groups is 1. The summed E-state index contributed by atoms with van der Waals surface area (Å²) in [5.41, 5.74) is 0.299. The summed E-state index contributed by atoms with van der Waals surface area (Å²) in [7, 11) is 1.60. The van der Waals surface area contributed by atoms with Gasteiger partial charge in [0.1, 0.15) is 0 Å². The fraction of sp³-hybridized carbons (Fsp3) is 0.462. The maximum absolute atomic E-state index is 11.6. The summed E-state index contributed by atoms with van der Waals surface area (Å²) >= 11 is 3.25. The Morgan fingerprint density at radius 3 is 2.60 bits per heavy atom. The zero-order valence-corrected chi connectivity index (χ0v) is 13.3. The standard InChI is InChI=1S/C13H18BrN3O3/c1-13(2,12(18)15-3)8-16-7-9-4-10(14)6-11(5-9)17(19)20/h4-6,16H,7-8H2,1-3H3,(H,15,18). The smallest absolute Gasteiger partial charge is 0.270 e. The van der Waals surface area contributed by atoms with Gasteiger partial charge in [0.2, 0.25) is 5.91 Å². The number of hydrogen-bond donors (Lipinski definition) is 2. The molecule has 0 aliphatic carbocycles. The predicted octanol–water partition coefficient (Wildman–Crippen LogP) is 2.22. The second-order valence-electron chi connectivity index (χ2n) is 5.14. The molecule has 2 N–H and O–H groups in total. The predicted molar refractivity (Wildman–Crippen MR) is 80.4 cm³/mol. The van der Waals surface area contributed by atoms with Crippen LogP contribution >= 0.6 is 15.9 Å². The molecule has 0 fully saturated rings. The van der Waals surface area contributed by atoms with Gasteiger partial charge in [0.15, 0.2) is 0 Å². The van der Waals surface area contributed by atoms with Crippen LogP contribution in [0.3, 0.4) is 0 Å². The van der Waals surface area contributed by atoms with Gasteiger partial charge in [-0.3, -0.25) is 14.9 Å². The van der Waals surface area contributed by atoms with Gasteiger partial charge >= 0.3 is 0 Å². The molecular formula is C13H18BrN3O3. The maximum atomic E-state index is 11.6. The highest BCUT2D eigenvalue weighted by Crippen LogP contribution is 2.21. The molecule has 1 amide bonds. The first-order valence-electron chi connectivity index (χ1n) is 6.13. The van der Waals surface area contributed by atoms with Gasteiger partial charge in [-0.15, -0.1) is 0 Å². The van der Waals surface area contributed by atoms with Crippen LogP contribution < -0.4 is 10.6 Å². The van der Waals surface area contributed by atoms with Crippen LogP contribution in [-0.2, 0) is 11.3 Å². The number of hydrogen-bond acceptors (Lipinski definition) is 4. The Labute approximate surface area is 126 Å². The molecule has 0 aliphatic rings. The second kappa shape index (κ2) is 6.81. The lowest BCUT2D eigenvalue weighted by Gasteiger charge is -2.22. The molecule has 0 heterocycles. The van der Waals surface area contributed by atoms with Crippen LogP contribution in [0, 0.1) is 15.5 Å². The lowest BCUT2D eigenvalue weighted by Crippen LogP contribution is -2.41. The van der Waals surface area contributed by atoms with Crippen molar-refractivity contribution in [2.24, 2.45) is 5.41 Å². The molecule has 6 nitrogen and oxygen atoms in total. The number of halogens is 1. The number of nitro groups is 1. The molecule has 1 aromatic rings. The molecular weight excluding hydrogens is 326 g/mol. The largest absolute Gasteiger partial charge is 0.359 e. The van der Waals surface area contributed by atoms with Crippen LogP contribution in [0.1, 0.15) is 19.4 Å². The summed E-state index contributed by atoms with van der Waals surface area (Å²) in [6, 6.07) is 4.79. The summed E-state index contributed by atoms with van der Waals surface area (Å²) in [5.74, 6) is -0.0507. The van der Waals surface area contributed by atoms with E-state index in [1.807, 2.05) is 19.9 Å². The molecule has 20 heavy (non-hydrogen) atoms. The van der Waals surface area contributed by atoms with Crippen LogP contribution in [0.4, 0.5) is 5.69 Å². The lowest BCUT2D eigenvalue weighted by atomic mass is 9.92. The minimum absolute atomic E-state index is 0.0433. The summed E-state index contributed by atoms with van der Waals surface area (Å²) in [6.07, 6.45) is 0. The third-order valence-corrected chi connectivity index (χ3v) is 3.35. The van der Waals surface area contributed by atoms with Crippen LogP contribution in [0.25, 0.3) is 0 Å². The quantitative estimate of drug-likeness (QED) is 0.612.